The quantitative estimate of drug-likeness (QED) is 0.221. The molecular formula is C29H38F2O3Si. The highest BCUT2D eigenvalue weighted by Gasteiger charge is 2.31. The van der Waals surface area contributed by atoms with E-state index in [2.05, 4.69) is 26.6 Å². The summed E-state index contributed by atoms with van der Waals surface area (Å²) in [4.78, 5) is 11.7. The van der Waals surface area contributed by atoms with Crippen molar-refractivity contribution in [2.45, 2.75) is 90.0 Å². The summed E-state index contributed by atoms with van der Waals surface area (Å²) in [7, 11) is -2.01. The monoisotopic (exact) mass is 500 g/mol. The number of ether oxygens (including phenoxy) is 1. The minimum atomic E-state index is -2.01. The minimum Gasteiger partial charge on any atom is -0.508 e. The van der Waals surface area contributed by atoms with E-state index in [0.717, 1.165) is 50.1 Å². The lowest BCUT2D eigenvalue weighted by molar-refractivity contribution is -0.140. The number of carbonyl (C=O) groups excluding carboxylic acids is 1. The molecule has 0 bridgehead atoms. The number of hydrogen-bond acceptors (Lipinski definition) is 3. The number of phenols is 1. The Morgan fingerprint density at radius 2 is 1.74 bits per heavy atom. The maximum Gasteiger partial charge on any atom is 0.333 e. The van der Waals surface area contributed by atoms with E-state index < -0.39 is 25.7 Å². The molecule has 35 heavy (non-hydrogen) atoms. The standard InChI is InChI=1S/C29H38F2O3Si/c1-6-7-16-35(4,5)26-15-13-24(27(30)28(26)31)21-10-8-20(9-11-21)22-12-14-25(32)23(17-22)18-34-29(33)19(2)3/h12-15,17,20-21,32H,2,6-11,16,18H2,1,3-5H3. The van der Waals surface area contributed by atoms with E-state index in [1.165, 1.54) is 0 Å². The number of phenolic OH excluding ortho intramolecular Hbond substituents is 1. The summed E-state index contributed by atoms with van der Waals surface area (Å²) in [5.41, 5.74) is 2.43. The van der Waals surface area contributed by atoms with Crippen molar-refractivity contribution in [1.82, 2.24) is 0 Å². The number of aromatic hydroxyl groups is 1. The molecule has 190 valence electrons. The van der Waals surface area contributed by atoms with Crippen molar-refractivity contribution >= 4 is 19.2 Å². The third-order valence-electron chi connectivity index (χ3n) is 7.45. The maximum atomic E-state index is 15.2. The molecule has 0 saturated heterocycles. The van der Waals surface area contributed by atoms with Crippen LogP contribution in [-0.4, -0.2) is 19.1 Å². The van der Waals surface area contributed by atoms with E-state index in [1.807, 2.05) is 24.3 Å². The van der Waals surface area contributed by atoms with Crippen LogP contribution in [0.3, 0.4) is 0 Å². The van der Waals surface area contributed by atoms with Crippen LogP contribution in [0.15, 0.2) is 42.5 Å². The smallest absolute Gasteiger partial charge is 0.333 e. The SMILES string of the molecule is C=C(C)C(=O)OCc1cc(C2CCC(c3ccc([Si](C)(C)CCCC)c(F)c3F)CC2)ccc1O. The lowest BCUT2D eigenvalue weighted by Crippen LogP contribution is -2.44. The number of halogens is 2. The summed E-state index contributed by atoms with van der Waals surface area (Å²) in [5, 5.41) is 10.8. The van der Waals surface area contributed by atoms with Crippen LogP contribution in [-0.2, 0) is 16.1 Å². The van der Waals surface area contributed by atoms with E-state index in [0.29, 0.717) is 21.9 Å². The average molecular weight is 501 g/mol. The largest absolute Gasteiger partial charge is 0.508 e. The highest BCUT2D eigenvalue weighted by atomic mass is 28.3. The Hall–Kier alpha value is -2.47. The molecule has 1 aliphatic rings. The zero-order chi connectivity index (χ0) is 25.8. The van der Waals surface area contributed by atoms with Crippen LogP contribution < -0.4 is 5.19 Å². The van der Waals surface area contributed by atoms with E-state index in [1.54, 1.807) is 13.0 Å². The number of unbranched alkanes of at least 4 members (excludes halogenated alkanes) is 1. The van der Waals surface area contributed by atoms with Crippen molar-refractivity contribution in [1.29, 1.82) is 0 Å². The molecule has 2 aromatic rings. The van der Waals surface area contributed by atoms with Crippen molar-refractivity contribution in [3.63, 3.8) is 0 Å². The Morgan fingerprint density at radius 1 is 1.09 bits per heavy atom. The maximum absolute atomic E-state index is 15.2. The molecule has 1 fully saturated rings. The van der Waals surface area contributed by atoms with Crippen LogP contribution in [0.25, 0.3) is 0 Å². The van der Waals surface area contributed by atoms with E-state index in [-0.39, 0.29) is 24.2 Å². The first-order chi connectivity index (χ1) is 16.5. The fourth-order valence-electron chi connectivity index (χ4n) is 5.13. The molecule has 1 aliphatic carbocycles. The fraction of sp³-hybridized carbons (Fsp3) is 0.483. The summed E-state index contributed by atoms with van der Waals surface area (Å²) in [6.07, 6.45) is 5.35. The summed E-state index contributed by atoms with van der Waals surface area (Å²) in [6, 6.07) is 10.0. The predicted molar refractivity (Wildman–Crippen MR) is 140 cm³/mol. The second-order valence-corrected chi connectivity index (χ2v) is 15.4. The summed E-state index contributed by atoms with van der Waals surface area (Å²) in [5.74, 6) is -1.44. The molecular weight excluding hydrogens is 462 g/mol. The molecule has 0 aromatic heterocycles. The molecule has 1 saturated carbocycles. The third kappa shape index (κ3) is 6.40. The van der Waals surface area contributed by atoms with Crippen molar-refractivity contribution in [2.75, 3.05) is 0 Å². The molecule has 0 aliphatic heterocycles. The lowest BCUT2D eigenvalue weighted by atomic mass is 9.76. The Bertz CT molecular complexity index is 1070. The van der Waals surface area contributed by atoms with Gasteiger partial charge >= 0.3 is 5.97 Å². The molecule has 0 spiro atoms. The third-order valence-corrected chi connectivity index (χ3v) is 10.9. The molecule has 0 heterocycles. The highest BCUT2D eigenvalue weighted by molar-refractivity contribution is 6.89. The Morgan fingerprint density at radius 3 is 2.37 bits per heavy atom. The normalized spacial score (nSPS) is 18.3. The molecule has 0 amide bonds. The van der Waals surface area contributed by atoms with Crippen LogP contribution in [0.4, 0.5) is 8.78 Å². The van der Waals surface area contributed by atoms with Gasteiger partial charge in [0.1, 0.15) is 12.4 Å². The van der Waals surface area contributed by atoms with Gasteiger partial charge in [0.25, 0.3) is 0 Å². The lowest BCUT2D eigenvalue weighted by Gasteiger charge is -2.30. The second-order valence-electron chi connectivity index (χ2n) is 10.6. The molecule has 3 nitrogen and oxygen atoms in total. The van der Waals surface area contributed by atoms with E-state index >= 15 is 8.78 Å². The first kappa shape index (κ1) is 27.1. The number of carbonyl (C=O) groups is 1. The van der Waals surface area contributed by atoms with E-state index in [4.69, 9.17) is 4.74 Å². The fourth-order valence-corrected chi connectivity index (χ4v) is 7.88. The van der Waals surface area contributed by atoms with Crippen molar-refractivity contribution in [2.24, 2.45) is 0 Å². The number of benzene rings is 2. The Labute approximate surface area is 209 Å². The average Bonchev–Trinajstić information content (AvgIpc) is 2.83. The minimum absolute atomic E-state index is 0.00308. The first-order valence-electron chi connectivity index (χ1n) is 12.7. The summed E-state index contributed by atoms with van der Waals surface area (Å²) in [6.45, 7) is 11.5. The molecule has 3 rings (SSSR count). The van der Waals surface area contributed by atoms with E-state index in [9.17, 15) is 9.90 Å². The van der Waals surface area contributed by atoms with Crippen molar-refractivity contribution in [3.8, 4) is 5.75 Å². The molecule has 0 radical (unpaired) electrons. The van der Waals surface area contributed by atoms with Crippen LogP contribution in [0.1, 0.15) is 80.9 Å². The molecule has 0 atom stereocenters. The van der Waals surface area contributed by atoms with Gasteiger partial charge in [-0.2, -0.15) is 0 Å². The summed E-state index contributed by atoms with van der Waals surface area (Å²) < 4.78 is 35.5. The van der Waals surface area contributed by atoms with Gasteiger partial charge in [-0.25, -0.2) is 13.6 Å². The van der Waals surface area contributed by atoms with Crippen molar-refractivity contribution < 1.29 is 23.4 Å². The molecule has 2 aromatic carbocycles. The molecule has 0 unspecified atom stereocenters. The Balaban J connectivity index is 1.69. The highest BCUT2D eigenvalue weighted by Crippen LogP contribution is 2.42. The molecule has 1 N–H and O–H groups in total. The van der Waals surface area contributed by atoms with Crippen LogP contribution in [0, 0.1) is 11.6 Å². The van der Waals surface area contributed by atoms with Gasteiger partial charge in [0.05, 0.1) is 8.07 Å². The van der Waals surface area contributed by atoms with Crippen LogP contribution in [0.5, 0.6) is 5.75 Å². The van der Waals surface area contributed by atoms with Crippen LogP contribution in [0.2, 0.25) is 19.1 Å². The van der Waals surface area contributed by atoms with Crippen molar-refractivity contribution in [3.05, 3.63) is 70.8 Å². The first-order valence-corrected chi connectivity index (χ1v) is 15.9. The van der Waals surface area contributed by atoms with Gasteiger partial charge in [0.2, 0.25) is 0 Å². The number of rotatable bonds is 9. The predicted octanol–water partition coefficient (Wildman–Crippen LogP) is 7.45. The van der Waals surface area contributed by atoms with Gasteiger partial charge in [-0.3, -0.25) is 0 Å². The van der Waals surface area contributed by atoms with Crippen LogP contribution >= 0.6 is 0 Å². The van der Waals surface area contributed by atoms with Gasteiger partial charge in [-0.1, -0.05) is 63.7 Å². The van der Waals surface area contributed by atoms with Gasteiger partial charge < -0.3 is 9.84 Å². The van der Waals surface area contributed by atoms with Gasteiger partial charge in [-0.15, -0.1) is 0 Å². The van der Waals surface area contributed by atoms with Gasteiger partial charge in [0.15, 0.2) is 11.6 Å². The number of hydrogen-bond donors (Lipinski definition) is 1. The summed E-state index contributed by atoms with van der Waals surface area (Å²) >= 11 is 0. The second kappa shape index (κ2) is 11.5. The zero-order valence-corrected chi connectivity index (χ0v) is 22.4. The zero-order valence-electron chi connectivity index (χ0n) is 21.4. The topological polar surface area (TPSA) is 46.5 Å². The van der Waals surface area contributed by atoms with Gasteiger partial charge in [0, 0.05) is 11.1 Å². The molecule has 6 heteroatoms. The Kier molecular flexibility index (Phi) is 8.92. The number of esters is 1. The van der Waals surface area contributed by atoms with Gasteiger partial charge in [-0.05, 0) is 72.9 Å².